The molecule has 2 aromatic carbocycles. The fraction of sp³-hybridized carbons (Fsp3) is 0.345. The maximum Gasteiger partial charge on any atom is 0.338 e. The summed E-state index contributed by atoms with van der Waals surface area (Å²) in [6, 6.07) is 10.5. The van der Waals surface area contributed by atoms with Crippen LogP contribution >= 0.6 is 11.3 Å². The standard InChI is InChI=1S/C29H31N3O7S/c1-6-38-28(34)25-18(4)30-29-31(27(33)24(40-29)15-19-8-7-9-21(14-19)32(35)36)26(25)20-10-11-22(23(16-20)37-5)39-13-12-17(2)3/h7-11,14-17,26H,6,12-13H2,1-5H3/b24-15-. The van der Waals surface area contributed by atoms with Gasteiger partial charge in [0.2, 0.25) is 0 Å². The molecule has 0 N–H and O–H groups in total. The minimum absolute atomic E-state index is 0.0809. The van der Waals surface area contributed by atoms with Crippen LogP contribution in [0.5, 0.6) is 11.5 Å². The number of fused-ring (bicyclic) bond motifs is 1. The Bertz CT molecular complexity index is 1650. The van der Waals surface area contributed by atoms with E-state index >= 15 is 0 Å². The average molecular weight is 566 g/mol. The third-order valence-corrected chi connectivity index (χ3v) is 7.33. The molecule has 0 fully saturated rings. The zero-order valence-corrected chi connectivity index (χ0v) is 23.8. The molecule has 4 rings (SSSR count). The molecule has 0 saturated heterocycles. The van der Waals surface area contributed by atoms with Gasteiger partial charge >= 0.3 is 5.97 Å². The summed E-state index contributed by atoms with van der Waals surface area (Å²) in [7, 11) is 1.53. The van der Waals surface area contributed by atoms with Crippen LogP contribution in [0.25, 0.3) is 6.08 Å². The minimum Gasteiger partial charge on any atom is -0.493 e. The van der Waals surface area contributed by atoms with Gasteiger partial charge in [-0.2, -0.15) is 0 Å². The Balaban J connectivity index is 1.87. The fourth-order valence-corrected chi connectivity index (χ4v) is 5.41. The number of carbonyl (C=O) groups excluding carboxylic acids is 1. The molecular weight excluding hydrogens is 534 g/mol. The number of hydrogen-bond acceptors (Lipinski definition) is 9. The van der Waals surface area contributed by atoms with Gasteiger partial charge in [0, 0.05) is 12.1 Å². The van der Waals surface area contributed by atoms with E-state index in [0.717, 1.165) is 17.8 Å². The lowest BCUT2D eigenvalue weighted by atomic mass is 9.95. The number of aromatic nitrogens is 1. The number of carbonyl (C=O) groups is 1. The lowest BCUT2D eigenvalue weighted by Gasteiger charge is -2.25. The van der Waals surface area contributed by atoms with E-state index in [1.165, 1.54) is 23.8 Å². The number of nitro groups is 1. The van der Waals surface area contributed by atoms with E-state index in [1.54, 1.807) is 50.3 Å². The number of thiazole rings is 1. The van der Waals surface area contributed by atoms with Crippen molar-refractivity contribution in [3.05, 3.63) is 94.7 Å². The van der Waals surface area contributed by atoms with Gasteiger partial charge in [-0.3, -0.25) is 19.5 Å². The highest BCUT2D eigenvalue weighted by molar-refractivity contribution is 7.07. The first kappa shape index (κ1) is 28.8. The first-order valence-electron chi connectivity index (χ1n) is 12.9. The monoisotopic (exact) mass is 565 g/mol. The first-order chi connectivity index (χ1) is 19.1. The molecular formula is C29H31N3O7S. The lowest BCUT2D eigenvalue weighted by molar-refractivity contribution is -0.384. The smallest absolute Gasteiger partial charge is 0.338 e. The topological polar surface area (TPSA) is 122 Å². The molecule has 0 amide bonds. The van der Waals surface area contributed by atoms with Crippen LogP contribution in [0, 0.1) is 16.0 Å². The van der Waals surface area contributed by atoms with Crippen molar-refractivity contribution in [3.8, 4) is 11.5 Å². The van der Waals surface area contributed by atoms with Gasteiger partial charge < -0.3 is 14.2 Å². The van der Waals surface area contributed by atoms with Crippen LogP contribution in [0.4, 0.5) is 5.69 Å². The molecule has 1 aliphatic rings. The number of nitro benzene ring substituents is 1. The average Bonchev–Trinajstić information content (AvgIpc) is 3.22. The number of nitrogens with zero attached hydrogens (tertiary/aromatic N) is 3. The number of esters is 1. The van der Waals surface area contributed by atoms with Crippen LogP contribution in [0.1, 0.15) is 51.3 Å². The van der Waals surface area contributed by atoms with Gasteiger partial charge in [0.1, 0.15) is 0 Å². The van der Waals surface area contributed by atoms with E-state index in [4.69, 9.17) is 14.2 Å². The Kier molecular flexibility index (Phi) is 8.83. The number of non-ortho nitro benzene ring substituents is 1. The summed E-state index contributed by atoms with van der Waals surface area (Å²) >= 11 is 1.14. The summed E-state index contributed by atoms with van der Waals surface area (Å²) in [5, 5.41) is 11.2. The molecule has 1 atom stereocenters. The highest BCUT2D eigenvalue weighted by Crippen LogP contribution is 2.36. The summed E-state index contributed by atoms with van der Waals surface area (Å²) in [6.45, 7) is 8.33. The van der Waals surface area contributed by atoms with E-state index in [9.17, 15) is 19.7 Å². The summed E-state index contributed by atoms with van der Waals surface area (Å²) in [5.41, 5.74) is 1.33. The second kappa shape index (κ2) is 12.3. The van der Waals surface area contributed by atoms with Gasteiger partial charge in [-0.05, 0) is 55.5 Å². The zero-order chi connectivity index (χ0) is 29.0. The van der Waals surface area contributed by atoms with Crippen LogP contribution in [0.2, 0.25) is 0 Å². The molecule has 2 heterocycles. The number of ether oxygens (including phenoxy) is 3. The van der Waals surface area contributed by atoms with Crippen LogP contribution in [0.15, 0.2) is 63.5 Å². The normalized spacial score (nSPS) is 15.1. The van der Waals surface area contributed by atoms with Gasteiger partial charge in [-0.25, -0.2) is 9.79 Å². The van der Waals surface area contributed by atoms with Gasteiger partial charge in [-0.1, -0.05) is 43.4 Å². The molecule has 0 radical (unpaired) electrons. The van der Waals surface area contributed by atoms with Crippen molar-refractivity contribution < 1.29 is 23.9 Å². The van der Waals surface area contributed by atoms with Gasteiger partial charge in [-0.15, -0.1) is 0 Å². The molecule has 10 nitrogen and oxygen atoms in total. The zero-order valence-electron chi connectivity index (χ0n) is 23.0. The van der Waals surface area contributed by atoms with E-state index in [0.29, 0.717) is 50.2 Å². The number of benzene rings is 2. The van der Waals surface area contributed by atoms with Crippen molar-refractivity contribution in [2.75, 3.05) is 20.3 Å². The molecule has 11 heteroatoms. The van der Waals surface area contributed by atoms with Crippen LogP contribution in [-0.2, 0) is 9.53 Å². The highest BCUT2D eigenvalue weighted by atomic mass is 32.1. The van der Waals surface area contributed by atoms with Crippen molar-refractivity contribution in [3.63, 3.8) is 0 Å². The molecule has 0 spiro atoms. The molecule has 40 heavy (non-hydrogen) atoms. The molecule has 1 aromatic heterocycles. The van der Waals surface area contributed by atoms with E-state index in [-0.39, 0.29) is 23.4 Å². The summed E-state index contributed by atoms with van der Waals surface area (Å²) in [5.74, 6) is 0.938. The second-order valence-corrected chi connectivity index (χ2v) is 10.6. The molecule has 210 valence electrons. The van der Waals surface area contributed by atoms with E-state index < -0.39 is 16.9 Å². The largest absolute Gasteiger partial charge is 0.493 e. The third kappa shape index (κ3) is 5.99. The van der Waals surface area contributed by atoms with E-state index in [2.05, 4.69) is 18.8 Å². The Morgan fingerprint density at radius 1 is 1.23 bits per heavy atom. The number of hydrogen-bond donors (Lipinski definition) is 0. The summed E-state index contributed by atoms with van der Waals surface area (Å²) in [4.78, 5) is 42.7. The molecule has 1 aliphatic heterocycles. The highest BCUT2D eigenvalue weighted by Gasteiger charge is 2.34. The fourth-order valence-electron chi connectivity index (χ4n) is 4.36. The van der Waals surface area contributed by atoms with Crippen molar-refractivity contribution >= 4 is 29.1 Å². The Morgan fingerprint density at radius 2 is 2.00 bits per heavy atom. The van der Waals surface area contributed by atoms with Gasteiger partial charge in [0.15, 0.2) is 16.3 Å². The molecule has 0 bridgehead atoms. The molecule has 0 saturated carbocycles. The SMILES string of the molecule is CCOC(=O)C1=C(C)N=c2s/c(=C\c3cccc([N+](=O)[O-])c3)c(=O)n2C1c1ccc(OCCC(C)C)c(OC)c1. The molecule has 1 unspecified atom stereocenters. The second-order valence-electron chi connectivity index (χ2n) is 9.60. The Morgan fingerprint density at radius 3 is 2.67 bits per heavy atom. The summed E-state index contributed by atoms with van der Waals surface area (Å²) < 4.78 is 18.7. The predicted octanol–water partition coefficient (Wildman–Crippen LogP) is 4.14. The van der Waals surface area contributed by atoms with Gasteiger partial charge in [0.25, 0.3) is 11.2 Å². The van der Waals surface area contributed by atoms with Crippen molar-refractivity contribution in [2.45, 2.75) is 40.2 Å². The number of rotatable bonds is 10. The molecule has 3 aromatic rings. The van der Waals surface area contributed by atoms with Crippen LogP contribution in [-0.4, -0.2) is 35.8 Å². The Hall–Kier alpha value is -4.25. The maximum absolute atomic E-state index is 13.8. The third-order valence-electron chi connectivity index (χ3n) is 6.35. The summed E-state index contributed by atoms with van der Waals surface area (Å²) in [6.07, 6.45) is 2.46. The van der Waals surface area contributed by atoms with E-state index in [1.807, 2.05) is 0 Å². The first-order valence-corrected chi connectivity index (χ1v) is 13.7. The van der Waals surface area contributed by atoms with Crippen molar-refractivity contribution in [2.24, 2.45) is 10.9 Å². The van der Waals surface area contributed by atoms with Gasteiger partial charge in [0.05, 0.1) is 47.1 Å². The Labute approximate surface area is 235 Å². The number of allylic oxidation sites excluding steroid dienone is 1. The predicted molar refractivity (Wildman–Crippen MR) is 151 cm³/mol. The minimum atomic E-state index is -0.832. The van der Waals surface area contributed by atoms with Crippen LogP contribution < -0.4 is 24.4 Å². The molecule has 0 aliphatic carbocycles. The van der Waals surface area contributed by atoms with Crippen molar-refractivity contribution in [1.29, 1.82) is 0 Å². The maximum atomic E-state index is 13.8. The quantitative estimate of drug-likeness (QED) is 0.206. The number of methoxy groups -OCH3 is 1. The van der Waals surface area contributed by atoms with Crippen LogP contribution in [0.3, 0.4) is 0 Å². The van der Waals surface area contributed by atoms with Crippen molar-refractivity contribution in [1.82, 2.24) is 4.57 Å². The lowest BCUT2D eigenvalue weighted by Crippen LogP contribution is -2.40.